The molecule has 4 N–H and O–H groups in total. The quantitative estimate of drug-likeness (QED) is 0.241. The number of urea groups is 1. The molecule has 4 aromatic rings. The highest BCUT2D eigenvalue weighted by molar-refractivity contribution is 6.06. The molecule has 0 aliphatic heterocycles. The number of benzene rings is 3. The van der Waals surface area contributed by atoms with E-state index in [9.17, 15) is 22.8 Å². The predicted molar refractivity (Wildman–Crippen MR) is 135 cm³/mol. The van der Waals surface area contributed by atoms with E-state index < -0.39 is 23.8 Å². The van der Waals surface area contributed by atoms with Gasteiger partial charge in [-0.1, -0.05) is 30.3 Å². The first-order valence-corrected chi connectivity index (χ1v) is 11.0. The van der Waals surface area contributed by atoms with Gasteiger partial charge in [0.15, 0.2) is 0 Å². The second-order valence-corrected chi connectivity index (χ2v) is 7.90. The Balaban J connectivity index is 1.44. The fourth-order valence-corrected chi connectivity index (χ4v) is 3.29. The molecule has 1 heterocycles. The summed E-state index contributed by atoms with van der Waals surface area (Å²) in [5.41, 5.74) is 1.82. The summed E-state index contributed by atoms with van der Waals surface area (Å²) in [6.07, 6.45) is -3.61. The Morgan fingerprint density at radius 1 is 0.784 bits per heavy atom. The van der Waals surface area contributed by atoms with Crippen LogP contribution in [0.5, 0.6) is 0 Å². The lowest BCUT2D eigenvalue weighted by Crippen LogP contribution is -2.19. The summed E-state index contributed by atoms with van der Waals surface area (Å²) in [6, 6.07) is 20.5. The van der Waals surface area contributed by atoms with E-state index in [1.165, 1.54) is 6.07 Å². The van der Waals surface area contributed by atoms with E-state index in [1.807, 2.05) is 6.07 Å². The Kier molecular flexibility index (Phi) is 7.33. The first-order chi connectivity index (χ1) is 17.7. The molecular formula is C26H21F3N6O2. The molecule has 0 saturated carbocycles. The Bertz CT molecular complexity index is 1430. The SMILES string of the molecule is Cc1ccc(NC(=O)Nc2ccccc2)cc1NC(=O)c1cccc(Nc2nccc(C(F)(F)F)n2)c1. The van der Waals surface area contributed by atoms with Crippen molar-refractivity contribution in [3.05, 3.63) is 102 Å². The third-order valence-corrected chi connectivity index (χ3v) is 5.10. The van der Waals surface area contributed by atoms with Gasteiger partial charge in [-0.3, -0.25) is 4.79 Å². The maximum absolute atomic E-state index is 12.9. The molecule has 0 atom stereocenters. The molecule has 37 heavy (non-hydrogen) atoms. The number of aryl methyl sites for hydroxylation is 1. The fourth-order valence-electron chi connectivity index (χ4n) is 3.29. The Morgan fingerprint density at radius 2 is 1.51 bits per heavy atom. The van der Waals surface area contributed by atoms with Crippen LogP contribution in [0.25, 0.3) is 0 Å². The van der Waals surface area contributed by atoms with Crippen molar-refractivity contribution < 1.29 is 22.8 Å². The van der Waals surface area contributed by atoms with Gasteiger partial charge in [0.1, 0.15) is 5.69 Å². The highest BCUT2D eigenvalue weighted by Crippen LogP contribution is 2.28. The van der Waals surface area contributed by atoms with Gasteiger partial charge in [0.05, 0.1) is 0 Å². The van der Waals surface area contributed by atoms with Gasteiger partial charge in [0.2, 0.25) is 5.95 Å². The van der Waals surface area contributed by atoms with Gasteiger partial charge >= 0.3 is 12.2 Å². The number of rotatable bonds is 6. The number of amides is 3. The molecule has 0 fully saturated rings. The average Bonchev–Trinajstić information content (AvgIpc) is 2.86. The van der Waals surface area contributed by atoms with E-state index in [2.05, 4.69) is 31.2 Å². The molecule has 0 radical (unpaired) electrons. The predicted octanol–water partition coefficient (Wildman–Crippen LogP) is 6.44. The summed E-state index contributed by atoms with van der Waals surface area (Å²) in [5, 5.41) is 10.9. The van der Waals surface area contributed by atoms with Crippen molar-refractivity contribution in [1.29, 1.82) is 0 Å². The van der Waals surface area contributed by atoms with Crippen molar-refractivity contribution in [2.75, 3.05) is 21.3 Å². The smallest absolute Gasteiger partial charge is 0.324 e. The molecular weight excluding hydrogens is 485 g/mol. The molecule has 0 saturated heterocycles. The highest BCUT2D eigenvalue weighted by atomic mass is 19.4. The number of carbonyl (C=O) groups excluding carboxylic acids is 2. The van der Waals surface area contributed by atoms with Gasteiger partial charge in [-0.15, -0.1) is 0 Å². The topological polar surface area (TPSA) is 108 Å². The number of nitrogens with zero attached hydrogens (tertiary/aromatic N) is 2. The largest absolute Gasteiger partial charge is 0.433 e. The molecule has 0 aliphatic rings. The molecule has 0 bridgehead atoms. The number of anilines is 5. The number of aromatic nitrogens is 2. The van der Waals surface area contributed by atoms with Crippen LogP contribution in [0.2, 0.25) is 0 Å². The van der Waals surface area contributed by atoms with Crippen molar-refractivity contribution in [3.8, 4) is 0 Å². The number of nitrogens with one attached hydrogen (secondary N) is 4. The summed E-state index contributed by atoms with van der Waals surface area (Å²) in [7, 11) is 0. The number of carbonyl (C=O) groups is 2. The van der Waals surface area contributed by atoms with Crippen LogP contribution in [0.3, 0.4) is 0 Å². The van der Waals surface area contributed by atoms with Crippen LogP contribution < -0.4 is 21.3 Å². The van der Waals surface area contributed by atoms with Gasteiger partial charge in [-0.25, -0.2) is 14.8 Å². The maximum atomic E-state index is 12.9. The van der Waals surface area contributed by atoms with E-state index in [0.717, 1.165) is 17.8 Å². The van der Waals surface area contributed by atoms with Crippen LogP contribution in [0, 0.1) is 6.92 Å². The first kappa shape index (κ1) is 25.2. The molecule has 0 unspecified atom stereocenters. The molecule has 4 rings (SSSR count). The van der Waals surface area contributed by atoms with Gasteiger partial charge in [-0.2, -0.15) is 13.2 Å². The summed E-state index contributed by atoms with van der Waals surface area (Å²) >= 11 is 0. The van der Waals surface area contributed by atoms with Crippen LogP contribution in [0.1, 0.15) is 21.6 Å². The molecule has 3 amide bonds. The van der Waals surface area contributed by atoms with Gasteiger partial charge < -0.3 is 21.3 Å². The van der Waals surface area contributed by atoms with Crippen molar-refractivity contribution in [3.63, 3.8) is 0 Å². The van der Waals surface area contributed by atoms with Crippen LogP contribution in [-0.4, -0.2) is 21.9 Å². The van der Waals surface area contributed by atoms with Crippen molar-refractivity contribution in [1.82, 2.24) is 9.97 Å². The van der Waals surface area contributed by atoms with Crippen LogP contribution in [0.15, 0.2) is 85.1 Å². The monoisotopic (exact) mass is 506 g/mol. The first-order valence-electron chi connectivity index (χ1n) is 11.0. The highest BCUT2D eigenvalue weighted by Gasteiger charge is 2.32. The Labute approximate surface area is 210 Å². The maximum Gasteiger partial charge on any atom is 0.433 e. The van der Waals surface area contributed by atoms with E-state index in [4.69, 9.17) is 0 Å². The summed E-state index contributed by atoms with van der Waals surface area (Å²) in [6.45, 7) is 1.80. The Morgan fingerprint density at radius 3 is 2.27 bits per heavy atom. The van der Waals surface area contributed by atoms with E-state index >= 15 is 0 Å². The molecule has 0 spiro atoms. The zero-order valence-corrected chi connectivity index (χ0v) is 19.4. The number of alkyl halides is 3. The minimum Gasteiger partial charge on any atom is -0.324 e. The van der Waals surface area contributed by atoms with E-state index in [-0.39, 0.29) is 11.5 Å². The van der Waals surface area contributed by atoms with Gasteiger partial charge in [0, 0.05) is 34.5 Å². The van der Waals surface area contributed by atoms with Crippen molar-refractivity contribution >= 4 is 40.6 Å². The molecule has 0 aliphatic carbocycles. The second-order valence-electron chi connectivity index (χ2n) is 7.90. The van der Waals surface area contributed by atoms with E-state index in [0.29, 0.717) is 22.7 Å². The van der Waals surface area contributed by atoms with Crippen molar-refractivity contribution in [2.45, 2.75) is 13.1 Å². The molecule has 11 heteroatoms. The van der Waals surface area contributed by atoms with Gasteiger partial charge in [0.25, 0.3) is 5.91 Å². The molecule has 3 aromatic carbocycles. The minimum atomic E-state index is -4.61. The lowest BCUT2D eigenvalue weighted by atomic mass is 10.1. The standard InChI is InChI=1S/C26H21F3N6O2/c1-16-10-11-20(33-25(37)32-18-7-3-2-4-8-18)15-21(16)34-23(36)17-6-5-9-19(14-17)31-24-30-13-12-22(35-24)26(27,28)29/h2-15H,1H3,(H,34,36)(H,30,31,35)(H2,32,33,37). The minimum absolute atomic E-state index is 0.247. The summed E-state index contributed by atoms with van der Waals surface area (Å²) < 4.78 is 38.7. The zero-order valence-electron chi connectivity index (χ0n) is 19.4. The number of hydrogen-bond acceptors (Lipinski definition) is 5. The lowest BCUT2D eigenvalue weighted by molar-refractivity contribution is -0.141. The number of halogens is 3. The lowest BCUT2D eigenvalue weighted by Gasteiger charge is -2.13. The van der Waals surface area contributed by atoms with Crippen LogP contribution >= 0.6 is 0 Å². The molecule has 188 valence electrons. The van der Waals surface area contributed by atoms with Crippen LogP contribution in [0.4, 0.5) is 46.7 Å². The number of para-hydroxylation sites is 1. The fraction of sp³-hybridized carbons (Fsp3) is 0.0769. The third kappa shape index (κ3) is 6.82. The summed E-state index contributed by atoms with van der Waals surface area (Å²) in [4.78, 5) is 32.5. The zero-order chi connectivity index (χ0) is 26.4. The van der Waals surface area contributed by atoms with E-state index in [1.54, 1.807) is 67.6 Å². The summed E-state index contributed by atoms with van der Waals surface area (Å²) in [5.74, 6) is -0.710. The molecule has 8 nitrogen and oxygen atoms in total. The molecule has 1 aromatic heterocycles. The van der Waals surface area contributed by atoms with Gasteiger partial charge in [-0.05, 0) is 61.0 Å². The van der Waals surface area contributed by atoms with Crippen molar-refractivity contribution in [2.24, 2.45) is 0 Å². The Hall–Kier alpha value is -4.93. The average molecular weight is 506 g/mol. The van der Waals surface area contributed by atoms with Crippen LogP contribution in [-0.2, 0) is 6.18 Å². The normalized spacial score (nSPS) is 10.9. The second kappa shape index (κ2) is 10.8. The third-order valence-electron chi connectivity index (χ3n) is 5.10. The number of hydrogen-bond donors (Lipinski definition) is 4.